The van der Waals surface area contributed by atoms with Crippen LogP contribution in [0.2, 0.25) is 0 Å². The lowest BCUT2D eigenvalue weighted by atomic mass is 10.0. The van der Waals surface area contributed by atoms with Gasteiger partial charge in [-0.3, -0.25) is 14.2 Å². The van der Waals surface area contributed by atoms with E-state index in [4.69, 9.17) is 0 Å². The first-order valence-electron chi connectivity index (χ1n) is 10.5. The topological polar surface area (TPSA) is 64.0 Å². The molecule has 0 aliphatic heterocycles. The molecule has 1 heterocycles. The van der Waals surface area contributed by atoms with Gasteiger partial charge in [0.15, 0.2) is 5.16 Å². The molecule has 0 aliphatic carbocycles. The van der Waals surface area contributed by atoms with Crippen molar-refractivity contribution in [2.24, 2.45) is 0 Å². The Morgan fingerprint density at radius 2 is 1.81 bits per heavy atom. The van der Waals surface area contributed by atoms with Crippen molar-refractivity contribution < 1.29 is 4.79 Å². The number of hydrogen-bond donors (Lipinski definition) is 1. The van der Waals surface area contributed by atoms with Gasteiger partial charge in [-0.15, -0.1) is 0 Å². The van der Waals surface area contributed by atoms with Crippen LogP contribution in [0.5, 0.6) is 0 Å². The largest absolute Gasteiger partial charge is 0.349 e. The van der Waals surface area contributed by atoms with E-state index >= 15 is 0 Å². The average molecular weight is 432 g/mol. The smallest absolute Gasteiger partial charge is 0.262 e. The van der Waals surface area contributed by atoms with Crippen LogP contribution in [-0.2, 0) is 11.3 Å². The number of carbonyl (C=O) groups excluding carboxylic acids is 1. The third kappa shape index (κ3) is 4.64. The van der Waals surface area contributed by atoms with Crippen molar-refractivity contribution in [1.29, 1.82) is 0 Å². The van der Waals surface area contributed by atoms with Gasteiger partial charge in [-0.25, -0.2) is 4.98 Å². The monoisotopic (exact) mass is 431 g/mol. The Balaban J connectivity index is 1.48. The Hall–Kier alpha value is -3.12. The van der Waals surface area contributed by atoms with Crippen molar-refractivity contribution in [2.45, 2.75) is 38.0 Å². The van der Waals surface area contributed by atoms with Crippen molar-refractivity contribution in [3.63, 3.8) is 0 Å². The van der Waals surface area contributed by atoms with Gasteiger partial charge in [-0.2, -0.15) is 0 Å². The molecule has 1 N–H and O–H groups in total. The molecule has 1 aromatic heterocycles. The van der Waals surface area contributed by atoms with Crippen molar-refractivity contribution in [3.05, 3.63) is 82.6 Å². The summed E-state index contributed by atoms with van der Waals surface area (Å²) in [5.74, 6) is 0.114. The highest BCUT2D eigenvalue weighted by atomic mass is 32.2. The number of nitrogens with one attached hydrogen (secondary N) is 1. The summed E-state index contributed by atoms with van der Waals surface area (Å²) in [6.45, 7) is 4.58. The number of para-hydroxylation sites is 1. The molecule has 158 valence electrons. The summed E-state index contributed by atoms with van der Waals surface area (Å²) < 4.78 is 1.67. The summed E-state index contributed by atoms with van der Waals surface area (Å²) in [7, 11) is 0. The number of benzene rings is 3. The average Bonchev–Trinajstić information content (AvgIpc) is 2.79. The van der Waals surface area contributed by atoms with Crippen LogP contribution in [0.15, 0.2) is 76.7 Å². The minimum absolute atomic E-state index is 0.0557. The maximum Gasteiger partial charge on any atom is 0.262 e. The molecule has 1 atom stereocenters. The van der Waals surface area contributed by atoms with E-state index in [0.717, 1.165) is 17.4 Å². The Labute approximate surface area is 185 Å². The zero-order valence-electron chi connectivity index (χ0n) is 17.7. The number of rotatable bonds is 7. The quantitative estimate of drug-likeness (QED) is 0.333. The summed E-state index contributed by atoms with van der Waals surface area (Å²) in [5.41, 5.74) is 1.66. The number of thioether (sulfide) groups is 1. The summed E-state index contributed by atoms with van der Waals surface area (Å²) in [6, 6.07) is 21.6. The van der Waals surface area contributed by atoms with Gasteiger partial charge in [0.1, 0.15) is 0 Å². The highest BCUT2D eigenvalue weighted by Crippen LogP contribution is 2.21. The lowest BCUT2D eigenvalue weighted by Gasteiger charge is -2.16. The Bertz CT molecular complexity index is 1300. The van der Waals surface area contributed by atoms with Gasteiger partial charge >= 0.3 is 0 Å². The van der Waals surface area contributed by atoms with Gasteiger partial charge in [0.2, 0.25) is 5.91 Å². The molecule has 0 radical (unpaired) electrons. The number of amides is 1. The van der Waals surface area contributed by atoms with E-state index in [1.54, 1.807) is 10.6 Å². The van der Waals surface area contributed by atoms with E-state index in [0.29, 0.717) is 22.6 Å². The minimum Gasteiger partial charge on any atom is -0.349 e. The van der Waals surface area contributed by atoms with Crippen LogP contribution in [-0.4, -0.2) is 21.2 Å². The van der Waals surface area contributed by atoms with Crippen molar-refractivity contribution in [3.8, 4) is 0 Å². The Morgan fingerprint density at radius 3 is 2.61 bits per heavy atom. The first kappa shape index (κ1) is 21.1. The summed E-state index contributed by atoms with van der Waals surface area (Å²) in [4.78, 5) is 30.1. The highest BCUT2D eigenvalue weighted by molar-refractivity contribution is 7.99. The van der Waals surface area contributed by atoms with E-state index in [1.807, 2.05) is 50.2 Å². The fourth-order valence-corrected chi connectivity index (χ4v) is 4.49. The Morgan fingerprint density at radius 1 is 1.06 bits per heavy atom. The molecule has 0 spiro atoms. The summed E-state index contributed by atoms with van der Waals surface area (Å²) in [6.07, 6.45) is 0.818. The van der Waals surface area contributed by atoms with Gasteiger partial charge in [-0.1, -0.05) is 67.2 Å². The zero-order chi connectivity index (χ0) is 21.8. The number of nitrogens with zero attached hydrogens (tertiary/aromatic N) is 2. The van der Waals surface area contributed by atoms with E-state index < -0.39 is 0 Å². The highest BCUT2D eigenvalue weighted by Gasteiger charge is 2.15. The van der Waals surface area contributed by atoms with Crippen LogP contribution < -0.4 is 10.9 Å². The van der Waals surface area contributed by atoms with Crippen molar-refractivity contribution in [1.82, 2.24) is 14.9 Å². The van der Waals surface area contributed by atoms with Gasteiger partial charge in [0.05, 0.1) is 22.7 Å². The first-order chi connectivity index (χ1) is 15.1. The van der Waals surface area contributed by atoms with Gasteiger partial charge in [0.25, 0.3) is 5.56 Å². The molecule has 1 amide bonds. The predicted molar refractivity (Wildman–Crippen MR) is 128 cm³/mol. The molecule has 3 aromatic carbocycles. The second kappa shape index (κ2) is 9.35. The van der Waals surface area contributed by atoms with Crippen molar-refractivity contribution >= 4 is 39.3 Å². The second-order valence-corrected chi connectivity index (χ2v) is 8.50. The molecule has 0 bridgehead atoms. The SMILES string of the molecule is CCCn1c(SCC(=O)NC(C)c2ccc3ccccc3c2)nc2ccccc2c1=O. The number of fused-ring (bicyclic) bond motifs is 2. The minimum atomic E-state index is -0.111. The van der Waals surface area contributed by atoms with E-state index in [2.05, 4.69) is 34.6 Å². The van der Waals surface area contributed by atoms with Gasteiger partial charge < -0.3 is 5.32 Å². The molecule has 1 unspecified atom stereocenters. The molecule has 5 nitrogen and oxygen atoms in total. The van der Waals surface area contributed by atoms with E-state index in [9.17, 15) is 9.59 Å². The molecule has 0 saturated carbocycles. The van der Waals surface area contributed by atoms with Gasteiger partial charge in [0, 0.05) is 6.54 Å². The van der Waals surface area contributed by atoms with Crippen LogP contribution in [0.1, 0.15) is 31.9 Å². The molecule has 31 heavy (non-hydrogen) atoms. The van der Waals surface area contributed by atoms with Crippen LogP contribution in [0, 0.1) is 0 Å². The fraction of sp³-hybridized carbons (Fsp3) is 0.240. The van der Waals surface area contributed by atoms with Gasteiger partial charge in [-0.05, 0) is 47.9 Å². The normalized spacial score (nSPS) is 12.2. The first-order valence-corrected chi connectivity index (χ1v) is 11.5. The standard InChI is InChI=1S/C25H25N3O2S/c1-3-14-28-24(30)21-10-6-7-11-22(21)27-25(28)31-16-23(29)26-17(2)19-13-12-18-8-4-5-9-20(18)15-19/h4-13,15,17H,3,14,16H2,1-2H3,(H,26,29). The lowest BCUT2D eigenvalue weighted by Crippen LogP contribution is -2.29. The van der Waals surface area contributed by atoms with Crippen LogP contribution in [0.4, 0.5) is 0 Å². The number of carbonyl (C=O) groups is 1. The molecular weight excluding hydrogens is 406 g/mol. The van der Waals surface area contributed by atoms with E-state index in [1.165, 1.54) is 17.1 Å². The molecule has 0 aliphatic rings. The fourth-order valence-electron chi connectivity index (χ4n) is 3.65. The molecular formula is C25H25N3O2S. The molecule has 6 heteroatoms. The third-order valence-electron chi connectivity index (χ3n) is 5.26. The molecule has 4 rings (SSSR count). The predicted octanol–water partition coefficient (Wildman–Crippen LogP) is 4.93. The van der Waals surface area contributed by atoms with Crippen LogP contribution in [0.25, 0.3) is 21.7 Å². The third-order valence-corrected chi connectivity index (χ3v) is 6.23. The van der Waals surface area contributed by atoms with Crippen molar-refractivity contribution in [2.75, 3.05) is 5.75 Å². The molecule has 4 aromatic rings. The second-order valence-electron chi connectivity index (χ2n) is 7.55. The summed E-state index contributed by atoms with van der Waals surface area (Å²) in [5, 5.41) is 6.58. The zero-order valence-corrected chi connectivity index (χ0v) is 18.5. The Kier molecular flexibility index (Phi) is 6.37. The number of aromatic nitrogens is 2. The number of hydrogen-bond acceptors (Lipinski definition) is 4. The lowest BCUT2D eigenvalue weighted by molar-refractivity contribution is -0.119. The van der Waals surface area contributed by atoms with Crippen LogP contribution >= 0.6 is 11.8 Å². The maximum absolute atomic E-state index is 12.9. The molecule has 0 fully saturated rings. The van der Waals surface area contributed by atoms with Crippen LogP contribution in [0.3, 0.4) is 0 Å². The summed E-state index contributed by atoms with van der Waals surface area (Å²) >= 11 is 1.30. The van der Waals surface area contributed by atoms with E-state index in [-0.39, 0.29) is 23.3 Å². The maximum atomic E-state index is 12.9. The molecule has 0 saturated heterocycles.